The molecule has 19 heavy (non-hydrogen) atoms. The smallest absolute Gasteiger partial charge is 0.185 e. The summed E-state index contributed by atoms with van der Waals surface area (Å²) in [4.78, 5) is 6.93. The maximum atomic E-state index is 9.53. The van der Waals surface area contributed by atoms with E-state index >= 15 is 0 Å². The molecule has 0 spiro atoms. The number of hydrogen-bond donors (Lipinski definition) is 2. The minimum Gasteiger partial charge on any atom is -0.393 e. The monoisotopic (exact) mass is 283 g/mol. The summed E-state index contributed by atoms with van der Waals surface area (Å²) in [6, 6.07) is 0.598. The molecule has 1 aromatic heterocycles. The second-order valence-electron chi connectivity index (χ2n) is 5.34. The Morgan fingerprint density at radius 1 is 1.53 bits per heavy atom. The molecule has 0 bridgehead atoms. The van der Waals surface area contributed by atoms with Gasteiger partial charge in [-0.25, -0.2) is 4.98 Å². The molecule has 108 valence electrons. The van der Waals surface area contributed by atoms with Crippen molar-refractivity contribution < 1.29 is 5.11 Å². The number of piperidine rings is 1. The Hall–Kier alpha value is -0.650. The minimum absolute atomic E-state index is 0.147. The molecule has 2 heterocycles. The number of nitrogens with one attached hydrogen (secondary N) is 1. The highest BCUT2D eigenvalue weighted by Gasteiger charge is 2.20. The highest BCUT2D eigenvalue weighted by atomic mass is 32.1. The van der Waals surface area contributed by atoms with E-state index in [4.69, 9.17) is 0 Å². The molecule has 0 aliphatic carbocycles. The number of aryl methyl sites for hydroxylation is 1. The highest BCUT2D eigenvalue weighted by Crippen LogP contribution is 2.23. The first-order chi connectivity index (χ1) is 9.19. The fourth-order valence-electron chi connectivity index (χ4n) is 2.42. The Kier molecular flexibility index (Phi) is 5.60. The van der Waals surface area contributed by atoms with Crippen LogP contribution in [0.2, 0.25) is 0 Å². The van der Waals surface area contributed by atoms with Crippen LogP contribution in [0.15, 0.2) is 5.38 Å². The lowest BCUT2D eigenvalue weighted by Crippen LogP contribution is -2.43. The van der Waals surface area contributed by atoms with Crippen LogP contribution in [-0.4, -0.2) is 41.9 Å². The molecule has 0 aromatic carbocycles. The Balaban J connectivity index is 1.68. The number of hydrogen-bond acceptors (Lipinski definition) is 5. The first kappa shape index (κ1) is 14.8. The molecule has 2 N–H and O–H groups in total. The van der Waals surface area contributed by atoms with Gasteiger partial charge in [0.2, 0.25) is 0 Å². The minimum atomic E-state index is -0.147. The van der Waals surface area contributed by atoms with E-state index in [0.717, 1.165) is 43.3 Å². The molecule has 1 aliphatic heterocycles. The number of anilines is 1. The molecule has 1 aliphatic rings. The fourth-order valence-corrected chi connectivity index (χ4v) is 3.28. The van der Waals surface area contributed by atoms with Crippen LogP contribution < -0.4 is 10.2 Å². The zero-order valence-corrected chi connectivity index (χ0v) is 12.7. The van der Waals surface area contributed by atoms with Crippen molar-refractivity contribution in [3.8, 4) is 0 Å². The first-order valence-corrected chi connectivity index (χ1v) is 8.15. The summed E-state index contributed by atoms with van der Waals surface area (Å²) < 4.78 is 0. The van der Waals surface area contributed by atoms with Gasteiger partial charge in [0, 0.05) is 24.5 Å². The quantitative estimate of drug-likeness (QED) is 0.840. The molecule has 1 saturated heterocycles. The van der Waals surface area contributed by atoms with E-state index in [1.165, 1.54) is 12.8 Å². The normalized spacial score (nSPS) is 18.8. The van der Waals surface area contributed by atoms with Crippen LogP contribution in [0.3, 0.4) is 0 Å². The van der Waals surface area contributed by atoms with Crippen LogP contribution in [0, 0.1) is 6.92 Å². The van der Waals surface area contributed by atoms with E-state index < -0.39 is 0 Å². The average molecular weight is 283 g/mol. The molecule has 1 aromatic rings. The summed E-state index contributed by atoms with van der Waals surface area (Å²) >= 11 is 1.74. The van der Waals surface area contributed by atoms with E-state index in [2.05, 4.69) is 20.6 Å². The molecule has 2 rings (SSSR count). The summed E-state index contributed by atoms with van der Waals surface area (Å²) in [5, 5.41) is 16.4. The predicted molar refractivity (Wildman–Crippen MR) is 81.0 cm³/mol. The van der Waals surface area contributed by atoms with Crippen LogP contribution in [-0.2, 0) is 0 Å². The van der Waals surface area contributed by atoms with Crippen molar-refractivity contribution in [1.82, 2.24) is 10.3 Å². The molecular formula is C14H25N3OS. The van der Waals surface area contributed by atoms with Gasteiger partial charge in [-0.3, -0.25) is 0 Å². The largest absolute Gasteiger partial charge is 0.393 e. The van der Waals surface area contributed by atoms with E-state index in [0.29, 0.717) is 6.04 Å². The molecule has 4 nitrogen and oxygen atoms in total. The summed E-state index contributed by atoms with van der Waals surface area (Å²) in [5.41, 5.74) is 1.12. The van der Waals surface area contributed by atoms with Gasteiger partial charge in [0.05, 0.1) is 11.8 Å². The number of aliphatic hydroxyl groups excluding tert-OH is 1. The van der Waals surface area contributed by atoms with E-state index in [1.807, 2.05) is 13.8 Å². The van der Waals surface area contributed by atoms with Crippen LogP contribution in [0.1, 0.15) is 38.3 Å². The number of nitrogens with zero attached hydrogens (tertiary/aromatic N) is 2. The van der Waals surface area contributed by atoms with Gasteiger partial charge < -0.3 is 15.3 Å². The van der Waals surface area contributed by atoms with Gasteiger partial charge >= 0.3 is 0 Å². The SMILES string of the molecule is CCC(O)CCNC1CCN(c2nc(C)cs2)CC1. The summed E-state index contributed by atoms with van der Waals surface area (Å²) in [6.07, 6.45) is 3.90. The molecule has 5 heteroatoms. The number of aromatic nitrogens is 1. The summed E-state index contributed by atoms with van der Waals surface area (Å²) in [5.74, 6) is 0. The van der Waals surface area contributed by atoms with Crippen LogP contribution in [0.25, 0.3) is 0 Å². The molecule has 1 fully saturated rings. The van der Waals surface area contributed by atoms with Crippen molar-refractivity contribution in [2.24, 2.45) is 0 Å². The van der Waals surface area contributed by atoms with Crippen molar-refractivity contribution in [2.45, 2.75) is 51.7 Å². The molecule has 0 amide bonds. The van der Waals surface area contributed by atoms with E-state index in [1.54, 1.807) is 11.3 Å². The topological polar surface area (TPSA) is 48.4 Å². The lowest BCUT2D eigenvalue weighted by Gasteiger charge is -2.32. The van der Waals surface area contributed by atoms with Crippen LogP contribution in [0.4, 0.5) is 5.13 Å². The van der Waals surface area contributed by atoms with Gasteiger partial charge in [-0.2, -0.15) is 0 Å². The van der Waals surface area contributed by atoms with E-state index in [-0.39, 0.29) is 6.10 Å². The molecular weight excluding hydrogens is 258 g/mol. The fraction of sp³-hybridized carbons (Fsp3) is 0.786. The third-order valence-electron chi connectivity index (χ3n) is 3.75. The maximum absolute atomic E-state index is 9.53. The second kappa shape index (κ2) is 7.22. The Bertz CT molecular complexity index is 375. The summed E-state index contributed by atoms with van der Waals surface area (Å²) in [6.45, 7) is 7.17. The van der Waals surface area contributed by atoms with Gasteiger partial charge in [0.25, 0.3) is 0 Å². The average Bonchev–Trinajstić information content (AvgIpc) is 2.86. The van der Waals surface area contributed by atoms with Crippen LogP contribution >= 0.6 is 11.3 Å². The second-order valence-corrected chi connectivity index (χ2v) is 6.17. The number of aliphatic hydroxyl groups is 1. The van der Waals surface area contributed by atoms with Gasteiger partial charge in [0.1, 0.15) is 0 Å². The lowest BCUT2D eigenvalue weighted by molar-refractivity contribution is 0.158. The maximum Gasteiger partial charge on any atom is 0.185 e. The van der Waals surface area contributed by atoms with Gasteiger partial charge in [-0.15, -0.1) is 11.3 Å². The molecule has 1 unspecified atom stereocenters. The third-order valence-corrected chi connectivity index (χ3v) is 4.77. The van der Waals surface area contributed by atoms with Crippen molar-refractivity contribution >= 4 is 16.5 Å². The highest BCUT2D eigenvalue weighted by molar-refractivity contribution is 7.13. The Morgan fingerprint density at radius 2 is 2.26 bits per heavy atom. The Morgan fingerprint density at radius 3 is 2.84 bits per heavy atom. The number of thiazole rings is 1. The zero-order valence-electron chi connectivity index (χ0n) is 11.9. The first-order valence-electron chi connectivity index (χ1n) is 7.27. The Labute approximate surface area is 119 Å². The van der Waals surface area contributed by atoms with Crippen molar-refractivity contribution in [2.75, 3.05) is 24.5 Å². The van der Waals surface area contributed by atoms with Gasteiger partial charge in [-0.1, -0.05) is 6.92 Å². The lowest BCUT2D eigenvalue weighted by atomic mass is 10.1. The molecule has 0 saturated carbocycles. The van der Waals surface area contributed by atoms with E-state index in [9.17, 15) is 5.11 Å². The van der Waals surface area contributed by atoms with Crippen molar-refractivity contribution in [3.63, 3.8) is 0 Å². The number of rotatable bonds is 6. The van der Waals surface area contributed by atoms with Crippen LogP contribution in [0.5, 0.6) is 0 Å². The zero-order chi connectivity index (χ0) is 13.7. The van der Waals surface area contributed by atoms with Gasteiger partial charge in [0.15, 0.2) is 5.13 Å². The standard InChI is InChI=1S/C14H25N3OS/c1-3-13(18)4-7-15-12-5-8-17(9-6-12)14-16-11(2)10-19-14/h10,12-13,15,18H,3-9H2,1-2H3. The molecule has 1 atom stereocenters. The predicted octanol–water partition coefficient (Wildman–Crippen LogP) is 2.17. The van der Waals surface area contributed by atoms with Crippen molar-refractivity contribution in [1.29, 1.82) is 0 Å². The summed E-state index contributed by atoms with van der Waals surface area (Å²) in [7, 11) is 0. The molecule has 0 radical (unpaired) electrons. The van der Waals surface area contributed by atoms with Gasteiger partial charge in [-0.05, 0) is 39.2 Å². The van der Waals surface area contributed by atoms with Crippen molar-refractivity contribution in [3.05, 3.63) is 11.1 Å². The third kappa shape index (κ3) is 4.44.